The molecule has 1 aliphatic carbocycles. The summed E-state index contributed by atoms with van der Waals surface area (Å²) in [6, 6.07) is 0.562. The highest BCUT2D eigenvalue weighted by atomic mass is 16.5. The average molecular weight is 282 g/mol. The predicted octanol–water partition coefficient (Wildman–Crippen LogP) is 2.90. The number of rotatable bonds is 6. The van der Waals surface area contributed by atoms with Gasteiger partial charge in [0.2, 0.25) is 0 Å². The zero-order valence-corrected chi connectivity index (χ0v) is 13.7. The monoisotopic (exact) mass is 282 g/mol. The van der Waals surface area contributed by atoms with Gasteiger partial charge in [0.25, 0.3) is 0 Å². The van der Waals surface area contributed by atoms with Gasteiger partial charge in [0.05, 0.1) is 12.7 Å². The van der Waals surface area contributed by atoms with E-state index < -0.39 is 0 Å². The molecule has 2 atom stereocenters. The maximum absolute atomic E-state index is 6.15. The van der Waals surface area contributed by atoms with E-state index in [4.69, 9.17) is 4.74 Å². The summed E-state index contributed by atoms with van der Waals surface area (Å²) >= 11 is 0. The molecule has 0 aromatic rings. The van der Waals surface area contributed by atoms with Crippen LogP contribution in [0.4, 0.5) is 0 Å². The normalized spacial score (nSPS) is 34.0. The highest BCUT2D eigenvalue weighted by molar-refractivity contribution is 4.89. The fourth-order valence-corrected chi connectivity index (χ4v) is 3.95. The fourth-order valence-electron chi connectivity index (χ4n) is 3.95. The summed E-state index contributed by atoms with van der Waals surface area (Å²) in [6.07, 6.45) is 7.21. The van der Waals surface area contributed by atoms with Crippen LogP contribution in [0.1, 0.15) is 52.9 Å². The lowest BCUT2D eigenvalue weighted by molar-refractivity contribution is -0.0599. The Bertz CT molecular complexity index is 262. The van der Waals surface area contributed by atoms with E-state index in [2.05, 4.69) is 31.0 Å². The van der Waals surface area contributed by atoms with Crippen molar-refractivity contribution in [1.29, 1.82) is 0 Å². The van der Waals surface area contributed by atoms with Crippen LogP contribution in [0.3, 0.4) is 0 Å². The molecule has 2 rings (SSSR count). The zero-order valence-electron chi connectivity index (χ0n) is 13.7. The second kappa shape index (κ2) is 8.35. The summed E-state index contributed by atoms with van der Waals surface area (Å²) in [5.74, 6) is 1.75. The molecule has 0 aromatic heterocycles. The molecule has 2 fully saturated rings. The van der Waals surface area contributed by atoms with Gasteiger partial charge < -0.3 is 10.1 Å². The second-order valence-electron chi connectivity index (χ2n) is 6.81. The number of likely N-dealkylation sites (N-methyl/N-ethyl adjacent to an activating group) is 1. The molecule has 0 spiro atoms. The Balaban J connectivity index is 1.92. The van der Waals surface area contributed by atoms with Crippen molar-refractivity contribution in [1.82, 2.24) is 10.2 Å². The summed E-state index contributed by atoms with van der Waals surface area (Å²) in [6.45, 7) is 12.3. The minimum atomic E-state index is 0.397. The molecule has 1 aliphatic heterocycles. The van der Waals surface area contributed by atoms with Crippen molar-refractivity contribution < 1.29 is 4.74 Å². The van der Waals surface area contributed by atoms with Gasteiger partial charge in [-0.2, -0.15) is 0 Å². The Hall–Kier alpha value is -0.120. The Morgan fingerprint density at radius 3 is 2.60 bits per heavy atom. The van der Waals surface area contributed by atoms with Crippen molar-refractivity contribution in [2.24, 2.45) is 11.8 Å². The molecular formula is C17H34N2O. The van der Waals surface area contributed by atoms with E-state index in [0.717, 1.165) is 38.1 Å². The third kappa shape index (κ3) is 4.44. The van der Waals surface area contributed by atoms with Gasteiger partial charge in [-0.15, -0.1) is 0 Å². The molecule has 1 saturated heterocycles. The summed E-state index contributed by atoms with van der Waals surface area (Å²) in [7, 11) is 0. The van der Waals surface area contributed by atoms with Crippen molar-refractivity contribution in [3.05, 3.63) is 0 Å². The van der Waals surface area contributed by atoms with Crippen molar-refractivity contribution >= 4 is 0 Å². The van der Waals surface area contributed by atoms with Crippen LogP contribution >= 0.6 is 0 Å². The van der Waals surface area contributed by atoms with Crippen molar-refractivity contribution in [2.45, 2.75) is 65.0 Å². The zero-order chi connectivity index (χ0) is 14.4. The van der Waals surface area contributed by atoms with Gasteiger partial charge in [-0.05, 0) is 44.2 Å². The Morgan fingerprint density at radius 2 is 1.95 bits per heavy atom. The molecule has 3 nitrogen and oxygen atoms in total. The van der Waals surface area contributed by atoms with Crippen LogP contribution in [0.15, 0.2) is 0 Å². The first kappa shape index (κ1) is 16.3. The molecule has 20 heavy (non-hydrogen) atoms. The first-order valence-electron chi connectivity index (χ1n) is 8.81. The summed E-state index contributed by atoms with van der Waals surface area (Å²) < 4.78 is 6.15. The third-order valence-corrected chi connectivity index (χ3v) is 5.13. The predicted molar refractivity (Wildman–Crippen MR) is 85.1 cm³/mol. The molecule has 3 heteroatoms. The molecular weight excluding hydrogens is 248 g/mol. The molecule has 118 valence electrons. The Morgan fingerprint density at radius 1 is 1.20 bits per heavy atom. The van der Waals surface area contributed by atoms with E-state index in [9.17, 15) is 0 Å². The van der Waals surface area contributed by atoms with Crippen LogP contribution in [-0.2, 0) is 4.74 Å². The van der Waals surface area contributed by atoms with Gasteiger partial charge in [-0.3, -0.25) is 4.90 Å². The molecule has 0 radical (unpaired) electrons. The average Bonchev–Trinajstić information content (AvgIpc) is 2.47. The van der Waals surface area contributed by atoms with Crippen molar-refractivity contribution in [3.8, 4) is 0 Å². The van der Waals surface area contributed by atoms with Gasteiger partial charge in [0.15, 0.2) is 0 Å². The molecule has 0 bridgehead atoms. The van der Waals surface area contributed by atoms with Crippen LogP contribution in [0, 0.1) is 11.8 Å². The van der Waals surface area contributed by atoms with Crippen LogP contribution in [0.5, 0.6) is 0 Å². The smallest absolute Gasteiger partial charge is 0.0857 e. The first-order chi connectivity index (χ1) is 9.74. The summed E-state index contributed by atoms with van der Waals surface area (Å²) in [4.78, 5) is 2.59. The lowest BCUT2D eigenvalue weighted by atomic mass is 9.77. The van der Waals surface area contributed by atoms with E-state index >= 15 is 0 Å². The molecule has 0 aromatic carbocycles. The molecule has 2 aliphatic rings. The quantitative estimate of drug-likeness (QED) is 0.811. The lowest BCUT2D eigenvalue weighted by Gasteiger charge is -2.42. The minimum Gasteiger partial charge on any atom is -0.374 e. The van der Waals surface area contributed by atoms with Crippen LogP contribution < -0.4 is 5.32 Å². The number of nitrogens with zero attached hydrogens (tertiary/aromatic N) is 1. The molecule has 2 unspecified atom stereocenters. The second-order valence-corrected chi connectivity index (χ2v) is 6.81. The van der Waals surface area contributed by atoms with Gasteiger partial charge in [0.1, 0.15) is 0 Å². The van der Waals surface area contributed by atoms with Gasteiger partial charge in [0, 0.05) is 19.1 Å². The summed E-state index contributed by atoms with van der Waals surface area (Å²) in [5, 5.41) is 3.75. The van der Waals surface area contributed by atoms with Crippen molar-refractivity contribution in [3.63, 3.8) is 0 Å². The standard InChI is InChI=1S/C17H34N2O/c1-4-10-19-11-12-20-16(13-19)17(18-5-2)15-8-6-14(3)7-9-15/h14-18H,4-13H2,1-3H3. The number of hydrogen-bond donors (Lipinski definition) is 1. The minimum absolute atomic E-state index is 0.397. The first-order valence-corrected chi connectivity index (χ1v) is 8.81. The third-order valence-electron chi connectivity index (χ3n) is 5.13. The maximum Gasteiger partial charge on any atom is 0.0857 e. The Labute approximate surface area is 125 Å². The van der Waals surface area contributed by atoms with E-state index in [0.29, 0.717) is 12.1 Å². The topological polar surface area (TPSA) is 24.5 Å². The SMILES string of the molecule is CCCN1CCOC(C(NCC)C2CCC(C)CC2)C1. The van der Waals surface area contributed by atoms with Gasteiger partial charge in [-0.1, -0.05) is 33.6 Å². The fraction of sp³-hybridized carbons (Fsp3) is 1.00. The Kier molecular flexibility index (Phi) is 6.79. The number of hydrogen-bond acceptors (Lipinski definition) is 3. The highest BCUT2D eigenvalue weighted by Crippen LogP contribution is 2.32. The van der Waals surface area contributed by atoms with E-state index in [1.54, 1.807) is 0 Å². The number of ether oxygens (including phenoxy) is 1. The number of nitrogens with one attached hydrogen (secondary N) is 1. The molecule has 0 amide bonds. The van der Waals surface area contributed by atoms with Gasteiger partial charge >= 0.3 is 0 Å². The molecule has 1 saturated carbocycles. The van der Waals surface area contributed by atoms with E-state index in [-0.39, 0.29) is 0 Å². The van der Waals surface area contributed by atoms with Crippen molar-refractivity contribution in [2.75, 3.05) is 32.8 Å². The van der Waals surface area contributed by atoms with Gasteiger partial charge in [-0.25, -0.2) is 0 Å². The van der Waals surface area contributed by atoms with E-state index in [1.165, 1.54) is 38.6 Å². The summed E-state index contributed by atoms with van der Waals surface area (Å²) in [5.41, 5.74) is 0. The highest BCUT2D eigenvalue weighted by Gasteiger charge is 2.34. The molecule has 1 heterocycles. The maximum atomic E-state index is 6.15. The largest absolute Gasteiger partial charge is 0.374 e. The molecule has 1 N–H and O–H groups in total. The van der Waals surface area contributed by atoms with Crippen LogP contribution in [0.2, 0.25) is 0 Å². The van der Waals surface area contributed by atoms with Crippen LogP contribution in [0.25, 0.3) is 0 Å². The number of morpholine rings is 1. The van der Waals surface area contributed by atoms with Crippen LogP contribution in [-0.4, -0.2) is 49.8 Å². The van der Waals surface area contributed by atoms with E-state index in [1.807, 2.05) is 0 Å². The lowest BCUT2D eigenvalue weighted by Crippen LogP contribution is -2.55.